The van der Waals surface area contributed by atoms with Gasteiger partial charge in [-0.2, -0.15) is 13.2 Å². The number of nitrogens with one attached hydrogen (secondary N) is 2. The van der Waals surface area contributed by atoms with Gasteiger partial charge >= 0.3 is 6.18 Å². The third-order valence-corrected chi connectivity index (χ3v) is 2.74. The summed E-state index contributed by atoms with van der Waals surface area (Å²) in [5.74, 6) is 0. The van der Waals surface area contributed by atoms with E-state index in [-0.39, 0.29) is 5.69 Å². The number of aromatic nitrogens is 1. The third kappa shape index (κ3) is 2.38. The van der Waals surface area contributed by atoms with Gasteiger partial charge in [-0.3, -0.25) is 4.90 Å². The summed E-state index contributed by atoms with van der Waals surface area (Å²) in [6, 6.07) is 1.57. The Bertz CT molecular complexity index is 315. The molecule has 6 heteroatoms. The Labute approximate surface area is 91.6 Å². The molecule has 0 amide bonds. The fourth-order valence-electron chi connectivity index (χ4n) is 2.03. The molecule has 0 aliphatic carbocycles. The summed E-state index contributed by atoms with van der Waals surface area (Å²) in [7, 11) is 0. The van der Waals surface area contributed by atoms with E-state index in [2.05, 4.69) is 10.3 Å². The summed E-state index contributed by atoms with van der Waals surface area (Å²) < 4.78 is 39.0. The van der Waals surface area contributed by atoms with Crippen LogP contribution in [0.4, 0.5) is 13.2 Å². The lowest BCUT2D eigenvalue weighted by Gasteiger charge is -2.35. The molecule has 1 aliphatic heterocycles. The number of hydrogen-bond acceptors (Lipinski definition) is 2. The van der Waals surface area contributed by atoms with Gasteiger partial charge in [0.1, 0.15) is 6.04 Å². The number of H-pyrrole nitrogens is 1. The van der Waals surface area contributed by atoms with Crippen LogP contribution in [0.1, 0.15) is 11.7 Å². The molecule has 0 aromatic carbocycles. The van der Waals surface area contributed by atoms with Crippen molar-refractivity contribution < 1.29 is 13.2 Å². The van der Waals surface area contributed by atoms with E-state index < -0.39 is 12.2 Å². The first-order valence-electron chi connectivity index (χ1n) is 5.24. The molecule has 1 aromatic heterocycles. The molecule has 0 spiro atoms. The quantitative estimate of drug-likeness (QED) is 0.811. The van der Waals surface area contributed by atoms with Crippen molar-refractivity contribution in [2.75, 3.05) is 26.2 Å². The van der Waals surface area contributed by atoms with Gasteiger partial charge in [-0.05, 0) is 12.1 Å². The summed E-state index contributed by atoms with van der Waals surface area (Å²) in [4.78, 5) is 4.12. The minimum atomic E-state index is -4.23. The highest BCUT2D eigenvalue weighted by molar-refractivity contribution is 5.12. The molecular weight excluding hydrogens is 219 g/mol. The Morgan fingerprint density at radius 2 is 1.94 bits per heavy atom. The molecule has 0 saturated carbocycles. The minimum absolute atomic E-state index is 0.217. The van der Waals surface area contributed by atoms with E-state index in [0.29, 0.717) is 26.2 Å². The highest BCUT2D eigenvalue weighted by atomic mass is 19.4. The Hall–Kier alpha value is -1.01. The standard InChI is InChI=1S/C10H14F3N3/c11-10(12,13)9(8-2-1-3-15-8)16-6-4-14-5-7-16/h1-3,9,14-15H,4-7H2/t9-/m0/s1. The molecule has 0 radical (unpaired) electrons. The Balaban J connectivity index is 2.21. The van der Waals surface area contributed by atoms with E-state index in [1.807, 2.05) is 0 Å². The molecule has 1 aromatic rings. The van der Waals surface area contributed by atoms with Crippen molar-refractivity contribution >= 4 is 0 Å². The fraction of sp³-hybridized carbons (Fsp3) is 0.600. The minimum Gasteiger partial charge on any atom is -0.363 e. The maximum atomic E-state index is 13.0. The second kappa shape index (κ2) is 4.47. The predicted molar refractivity (Wildman–Crippen MR) is 54.0 cm³/mol. The number of halogens is 3. The number of piperazine rings is 1. The summed E-state index contributed by atoms with van der Waals surface area (Å²) in [5.41, 5.74) is 0.217. The number of nitrogens with zero attached hydrogens (tertiary/aromatic N) is 1. The highest BCUT2D eigenvalue weighted by Crippen LogP contribution is 2.36. The van der Waals surface area contributed by atoms with Gasteiger partial charge in [-0.15, -0.1) is 0 Å². The summed E-state index contributed by atoms with van der Waals surface area (Å²) in [6.45, 7) is 2.05. The largest absolute Gasteiger partial charge is 0.409 e. The van der Waals surface area contributed by atoms with Crippen LogP contribution in [0.15, 0.2) is 18.3 Å². The van der Waals surface area contributed by atoms with Crippen LogP contribution in [0.5, 0.6) is 0 Å². The zero-order valence-corrected chi connectivity index (χ0v) is 8.72. The lowest BCUT2D eigenvalue weighted by molar-refractivity contribution is -0.188. The smallest absolute Gasteiger partial charge is 0.363 e. The number of rotatable bonds is 2. The second-order valence-electron chi connectivity index (χ2n) is 3.86. The van der Waals surface area contributed by atoms with Crippen LogP contribution in [0.2, 0.25) is 0 Å². The van der Waals surface area contributed by atoms with Gasteiger partial charge < -0.3 is 10.3 Å². The van der Waals surface area contributed by atoms with E-state index in [9.17, 15) is 13.2 Å². The molecule has 2 heterocycles. The van der Waals surface area contributed by atoms with Gasteiger partial charge in [0.05, 0.1) is 0 Å². The van der Waals surface area contributed by atoms with Gasteiger partial charge in [-0.25, -0.2) is 0 Å². The molecule has 3 nitrogen and oxygen atoms in total. The SMILES string of the molecule is FC(F)(F)[C@H](c1ccc[nH]1)N1CCNCC1. The van der Waals surface area contributed by atoms with Gasteiger partial charge in [0.25, 0.3) is 0 Å². The van der Waals surface area contributed by atoms with Crippen LogP contribution < -0.4 is 5.32 Å². The molecule has 1 saturated heterocycles. The summed E-state index contributed by atoms with van der Waals surface area (Å²) >= 11 is 0. The molecule has 1 fully saturated rings. The van der Waals surface area contributed by atoms with Crippen molar-refractivity contribution in [3.05, 3.63) is 24.0 Å². The Morgan fingerprint density at radius 1 is 1.25 bits per heavy atom. The average molecular weight is 233 g/mol. The summed E-state index contributed by atoms with van der Waals surface area (Å²) in [5, 5.41) is 3.05. The Kier molecular flexibility index (Phi) is 3.20. The van der Waals surface area contributed by atoms with Crippen molar-refractivity contribution in [1.29, 1.82) is 0 Å². The van der Waals surface area contributed by atoms with Gasteiger partial charge in [0.15, 0.2) is 0 Å². The molecule has 0 unspecified atom stereocenters. The van der Waals surface area contributed by atoms with Crippen molar-refractivity contribution in [2.45, 2.75) is 12.2 Å². The van der Waals surface area contributed by atoms with Crippen LogP contribution in [-0.2, 0) is 0 Å². The van der Waals surface area contributed by atoms with Crippen LogP contribution in [0, 0.1) is 0 Å². The molecular formula is C10H14F3N3. The normalized spacial score (nSPS) is 20.9. The van der Waals surface area contributed by atoms with Crippen LogP contribution in [-0.4, -0.2) is 42.2 Å². The first kappa shape index (κ1) is 11.5. The molecule has 1 aliphatic rings. The van der Waals surface area contributed by atoms with E-state index in [1.165, 1.54) is 17.2 Å². The molecule has 1 atom stereocenters. The lowest BCUT2D eigenvalue weighted by Crippen LogP contribution is -2.49. The Morgan fingerprint density at radius 3 is 2.44 bits per heavy atom. The van der Waals surface area contributed by atoms with Crippen molar-refractivity contribution in [3.63, 3.8) is 0 Å². The van der Waals surface area contributed by atoms with E-state index in [1.54, 1.807) is 6.07 Å². The number of alkyl halides is 3. The highest BCUT2D eigenvalue weighted by Gasteiger charge is 2.45. The van der Waals surface area contributed by atoms with Crippen LogP contribution in [0.25, 0.3) is 0 Å². The maximum Gasteiger partial charge on any atom is 0.409 e. The van der Waals surface area contributed by atoms with Gasteiger partial charge in [0.2, 0.25) is 0 Å². The number of hydrogen-bond donors (Lipinski definition) is 2. The zero-order valence-electron chi connectivity index (χ0n) is 8.72. The molecule has 2 N–H and O–H groups in total. The van der Waals surface area contributed by atoms with E-state index in [4.69, 9.17) is 0 Å². The molecule has 0 bridgehead atoms. The van der Waals surface area contributed by atoms with Crippen molar-refractivity contribution in [3.8, 4) is 0 Å². The predicted octanol–water partition coefficient (Wildman–Crippen LogP) is 1.52. The monoisotopic (exact) mass is 233 g/mol. The zero-order chi connectivity index (χ0) is 11.6. The van der Waals surface area contributed by atoms with Crippen LogP contribution in [0.3, 0.4) is 0 Å². The van der Waals surface area contributed by atoms with Crippen molar-refractivity contribution in [1.82, 2.24) is 15.2 Å². The molecule has 2 rings (SSSR count). The average Bonchev–Trinajstić information content (AvgIpc) is 2.71. The lowest BCUT2D eigenvalue weighted by atomic mass is 10.1. The van der Waals surface area contributed by atoms with Gasteiger partial charge in [0, 0.05) is 38.1 Å². The molecule has 90 valence electrons. The van der Waals surface area contributed by atoms with Gasteiger partial charge in [-0.1, -0.05) is 0 Å². The van der Waals surface area contributed by atoms with Crippen LogP contribution >= 0.6 is 0 Å². The van der Waals surface area contributed by atoms with E-state index in [0.717, 1.165) is 0 Å². The topological polar surface area (TPSA) is 31.1 Å². The first-order chi connectivity index (χ1) is 7.59. The molecule has 16 heavy (non-hydrogen) atoms. The first-order valence-corrected chi connectivity index (χ1v) is 5.24. The summed E-state index contributed by atoms with van der Waals surface area (Å²) in [6.07, 6.45) is -2.71. The maximum absolute atomic E-state index is 13.0. The van der Waals surface area contributed by atoms with Crippen molar-refractivity contribution in [2.24, 2.45) is 0 Å². The fourth-order valence-corrected chi connectivity index (χ4v) is 2.03. The second-order valence-corrected chi connectivity index (χ2v) is 3.86. The third-order valence-electron chi connectivity index (χ3n) is 2.74. The van der Waals surface area contributed by atoms with E-state index >= 15 is 0 Å². The number of aromatic amines is 1.